The lowest BCUT2D eigenvalue weighted by molar-refractivity contribution is -0.119. The van der Waals surface area contributed by atoms with Crippen LogP contribution in [-0.2, 0) is 9.53 Å². The van der Waals surface area contributed by atoms with E-state index in [1.807, 2.05) is 71.6 Å². The molecule has 0 atom stereocenters. The number of carbonyl (C=O) groups excluding carboxylic acids is 1. The van der Waals surface area contributed by atoms with Crippen LogP contribution in [0.25, 0.3) is 10.2 Å². The van der Waals surface area contributed by atoms with E-state index in [0.29, 0.717) is 11.7 Å². The molecule has 3 aromatic carbocycles. The fourth-order valence-electron chi connectivity index (χ4n) is 5.04. The number of amides is 1. The van der Waals surface area contributed by atoms with Gasteiger partial charge in [-0.25, -0.2) is 4.98 Å². The first-order valence-electron chi connectivity index (χ1n) is 12.6. The first-order valence-corrected chi connectivity index (χ1v) is 13.4. The molecule has 1 aromatic heterocycles. The number of thiazole rings is 1. The largest absolute Gasteiger partial charge is 0.497 e. The molecule has 0 spiro atoms. The van der Waals surface area contributed by atoms with Gasteiger partial charge in [0.25, 0.3) is 0 Å². The average Bonchev–Trinajstić information content (AvgIpc) is 3.37. The summed E-state index contributed by atoms with van der Waals surface area (Å²) in [6.07, 6.45) is 0.845. The molecule has 4 aromatic rings. The summed E-state index contributed by atoms with van der Waals surface area (Å²) in [5.74, 6) is 1.77. The number of nitrogens with zero attached hydrogens (tertiary/aromatic N) is 3. The molecule has 2 aliphatic rings. The Labute approximate surface area is 220 Å². The van der Waals surface area contributed by atoms with E-state index in [1.54, 1.807) is 7.11 Å². The molecule has 0 saturated carbocycles. The van der Waals surface area contributed by atoms with Gasteiger partial charge >= 0.3 is 0 Å². The van der Waals surface area contributed by atoms with E-state index < -0.39 is 5.92 Å². The van der Waals surface area contributed by atoms with E-state index in [0.717, 1.165) is 77.9 Å². The van der Waals surface area contributed by atoms with Gasteiger partial charge in [-0.05, 0) is 36.8 Å². The Bertz CT molecular complexity index is 1370. The smallest absolute Gasteiger partial charge is 0.241 e. The van der Waals surface area contributed by atoms with Crippen LogP contribution in [0.1, 0.15) is 23.5 Å². The number of carbonyl (C=O) groups is 1. The van der Waals surface area contributed by atoms with Crippen molar-refractivity contribution in [1.29, 1.82) is 0 Å². The molecule has 8 heteroatoms. The molecule has 0 unspecified atom stereocenters. The van der Waals surface area contributed by atoms with Gasteiger partial charge in [0.05, 0.1) is 36.5 Å². The molecule has 0 radical (unpaired) electrons. The van der Waals surface area contributed by atoms with Crippen molar-refractivity contribution >= 4 is 32.6 Å². The fourth-order valence-corrected chi connectivity index (χ4v) is 6.07. The quantitative estimate of drug-likeness (QED) is 0.333. The molecule has 0 N–H and O–H groups in total. The van der Waals surface area contributed by atoms with Gasteiger partial charge < -0.3 is 14.2 Å². The highest BCUT2D eigenvalue weighted by atomic mass is 32.1. The van der Waals surface area contributed by atoms with Crippen LogP contribution in [-0.4, -0.2) is 62.3 Å². The molecule has 190 valence electrons. The predicted molar refractivity (Wildman–Crippen MR) is 145 cm³/mol. The zero-order chi connectivity index (χ0) is 25.2. The molecule has 1 amide bonds. The lowest BCUT2D eigenvalue weighted by Gasteiger charge is -2.32. The van der Waals surface area contributed by atoms with E-state index in [9.17, 15) is 4.79 Å². The number of ether oxygens (including phenoxy) is 3. The summed E-state index contributed by atoms with van der Waals surface area (Å²) in [6.45, 7) is 4.86. The summed E-state index contributed by atoms with van der Waals surface area (Å²) in [5, 5.41) is 0.705. The van der Waals surface area contributed by atoms with Crippen molar-refractivity contribution in [3.05, 3.63) is 77.9 Å². The average molecular weight is 516 g/mol. The Morgan fingerprint density at radius 3 is 2.46 bits per heavy atom. The van der Waals surface area contributed by atoms with Crippen LogP contribution in [0.2, 0.25) is 0 Å². The van der Waals surface area contributed by atoms with Crippen molar-refractivity contribution in [3.63, 3.8) is 0 Å². The fraction of sp³-hybridized carbons (Fsp3) is 0.310. The molecule has 7 nitrogen and oxygen atoms in total. The maximum atomic E-state index is 14.5. The minimum absolute atomic E-state index is 0.0104. The number of benzene rings is 3. The third kappa shape index (κ3) is 4.80. The molecule has 37 heavy (non-hydrogen) atoms. The van der Waals surface area contributed by atoms with E-state index in [2.05, 4.69) is 4.90 Å². The Morgan fingerprint density at radius 2 is 1.76 bits per heavy atom. The van der Waals surface area contributed by atoms with E-state index >= 15 is 0 Å². The number of hydrogen-bond donors (Lipinski definition) is 0. The summed E-state index contributed by atoms with van der Waals surface area (Å²) < 4.78 is 18.1. The van der Waals surface area contributed by atoms with Crippen LogP contribution >= 0.6 is 11.3 Å². The van der Waals surface area contributed by atoms with Crippen molar-refractivity contribution < 1.29 is 19.0 Å². The maximum Gasteiger partial charge on any atom is 0.241 e. The summed E-state index contributed by atoms with van der Waals surface area (Å²) in [7, 11) is 1.66. The molecular formula is C29H29N3O4S. The number of aromatic nitrogens is 1. The summed E-state index contributed by atoms with van der Waals surface area (Å²) in [5.41, 5.74) is 2.62. The van der Waals surface area contributed by atoms with Crippen LogP contribution in [0.15, 0.2) is 66.7 Å². The van der Waals surface area contributed by atoms with E-state index in [-0.39, 0.29) is 5.91 Å². The maximum absolute atomic E-state index is 14.5. The predicted octanol–water partition coefficient (Wildman–Crippen LogP) is 5.30. The topological polar surface area (TPSA) is 64.1 Å². The number of anilines is 1. The SMILES string of the molecule is COc1ccc2nc(N(CCCN3CCOCC3)C(=O)C3c4ccccc4Oc4ccccc43)sc2c1. The van der Waals surface area contributed by atoms with Crippen LogP contribution < -0.4 is 14.4 Å². The molecule has 1 fully saturated rings. The molecular weight excluding hydrogens is 486 g/mol. The second-order valence-electron chi connectivity index (χ2n) is 9.24. The zero-order valence-corrected chi connectivity index (χ0v) is 21.6. The molecule has 3 heterocycles. The lowest BCUT2D eigenvalue weighted by Crippen LogP contribution is -2.40. The third-order valence-electron chi connectivity index (χ3n) is 6.97. The second kappa shape index (κ2) is 10.5. The molecule has 2 aliphatic heterocycles. The van der Waals surface area contributed by atoms with Crippen molar-refractivity contribution in [1.82, 2.24) is 9.88 Å². The van der Waals surface area contributed by atoms with Gasteiger partial charge in [-0.15, -0.1) is 0 Å². The van der Waals surface area contributed by atoms with Crippen LogP contribution in [0.3, 0.4) is 0 Å². The standard InChI is InChI=1S/C29H29N3O4S/c1-34-20-11-12-23-26(19-20)37-29(30-23)32(14-6-13-31-15-17-35-18-16-31)28(33)27-21-7-2-4-9-24(21)36-25-10-5-3-8-22(25)27/h2-5,7-12,19,27H,6,13-18H2,1H3. The van der Waals surface area contributed by atoms with Gasteiger partial charge in [0.2, 0.25) is 5.91 Å². The van der Waals surface area contributed by atoms with Crippen LogP contribution in [0, 0.1) is 0 Å². The highest BCUT2D eigenvalue weighted by Gasteiger charge is 2.36. The highest BCUT2D eigenvalue weighted by Crippen LogP contribution is 2.45. The van der Waals surface area contributed by atoms with Gasteiger partial charge in [-0.3, -0.25) is 14.6 Å². The lowest BCUT2D eigenvalue weighted by atomic mass is 9.87. The summed E-state index contributed by atoms with van der Waals surface area (Å²) in [4.78, 5) is 23.6. The first-order chi connectivity index (χ1) is 18.2. The summed E-state index contributed by atoms with van der Waals surface area (Å²) >= 11 is 1.52. The minimum Gasteiger partial charge on any atom is -0.497 e. The number of rotatable bonds is 7. The Hall–Kier alpha value is -3.46. The van der Waals surface area contributed by atoms with Gasteiger partial charge in [0.1, 0.15) is 17.2 Å². The van der Waals surface area contributed by atoms with Crippen molar-refractivity contribution in [3.8, 4) is 17.2 Å². The number of fused-ring (bicyclic) bond motifs is 3. The van der Waals surface area contributed by atoms with Crippen LogP contribution in [0.5, 0.6) is 17.2 Å². The Morgan fingerprint density at radius 1 is 1.05 bits per heavy atom. The number of morpholine rings is 1. The van der Waals surface area contributed by atoms with E-state index in [1.165, 1.54) is 11.3 Å². The minimum atomic E-state index is -0.467. The monoisotopic (exact) mass is 515 g/mol. The summed E-state index contributed by atoms with van der Waals surface area (Å²) in [6, 6.07) is 21.5. The highest BCUT2D eigenvalue weighted by molar-refractivity contribution is 7.22. The molecule has 0 aliphatic carbocycles. The van der Waals surface area contributed by atoms with Gasteiger partial charge in [0.15, 0.2) is 5.13 Å². The van der Waals surface area contributed by atoms with Crippen LogP contribution in [0.4, 0.5) is 5.13 Å². The van der Waals surface area contributed by atoms with E-state index in [4.69, 9.17) is 19.2 Å². The Kier molecular flexibility index (Phi) is 6.78. The number of methoxy groups -OCH3 is 1. The van der Waals surface area contributed by atoms with Gasteiger partial charge in [0, 0.05) is 37.3 Å². The molecule has 6 rings (SSSR count). The number of hydrogen-bond acceptors (Lipinski definition) is 7. The normalized spacial score (nSPS) is 15.6. The van der Waals surface area contributed by atoms with Crippen molar-refractivity contribution in [2.24, 2.45) is 0 Å². The molecule has 0 bridgehead atoms. The Balaban J connectivity index is 1.36. The van der Waals surface area contributed by atoms with Gasteiger partial charge in [-0.1, -0.05) is 47.7 Å². The van der Waals surface area contributed by atoms with Crippen molar-refractivity contribution in [2.75, 3.05) is 51.4 Å². The third-order valence-corrected chi connectivity index (χ3v) is 8.01. The van der Waals surface area contributed by atoms with Crippen molar-refractivity contribution in [2.45, 2.75) is 12.3 Å². The molecule has 1 saturated heterocycles. The number of para-hydroxylation sites is 2. The first kappa shape index (κ1) is 23.9. The second-order valence-corrected chi connectivity index (χ2v) is 10.2. The zero-order valence-electron chi connectivity index (χ0n) is 20.8. The van der Waals surface area contributed by atoms with Gasteiger partial charge in [-0.2, -0.15) is 0 Å².